The second kappa shape index (κ2) is 6.67. The summed E-state index contributed by atoms with van der Waals surface area (Å²) >= 11 is 3.17. The van der Waals surface area contributed by atoms with E-state index in [4.69, 9.17) is 0 Å². The Morgan fingerprint density at radius 3 is 2.15 bits per heavy atom. The van der Waals surface area contributed by atoms with Crippen LogP contribution in [0.4, 0.5) is 4.39 Å². The van der Waals surface area contributed by atoms with Crippen LogP contribution in [0.5, 0.6) is 0 Å². The van der Waals surface area contributed by atoms with Crippen LogP contribution in [0.25, 0.3) is 0 Å². The highest BCUT2D eigenvalue weighted by Crippen LogP contribution is 2.16. The van der Waals surface area contributed by atoms with Gasteiger partial charge in [0.05, 0.1) is 4.47 Å². The number of rotatable bonds is 2. The fourth-order valence-corrected chi connectivity index (χ4v) is 2.18. The van der Waals surface area contributed by atoms with E-state index in [2.05, 4.69) is 46.6 Å². The number of pyridine rings is 1. The first kappa shape index (κ1) is 14.7. The van der Waals surface area contributed by atoms with Crippen molar-refractivity contribution in [3.05, 3.63) is 63.1 Å². The zero-order valence-electron chi connectivity index (χ0n) is 11.5. The third-order valence-electron chi connectivity index (χ3n) is 2.93. The van der Waals surface area contributed by atoms with Gasteiger partial charge in [-0.2, -0.15) is 0 Å². The van der Waals surface area contributed by atoms with Crippen molar-refractivity contribution in [3.63, 3.8) is 0 Å². The number of benzene rings is 1. The van der Waals surface area contributed by atoms with Crippen molar-refractivity contribution in [1.82, 2.24) is 4.98 Å². The average Bonchev–Trinajstić information content (AvgIpc) is 2.48. The maximum atomic E-state index is 13.2. The smallest absolute Gasteiger partial charge is 0.137 e. The largest absolute Gasteiger partial charge is 0.258 e. The molecule has 0 saturated heterocycles. The quantitative estimate of drug-likeness (QED) is 0.738. The minimum Gasteiger partial charge on any atom is -0.258 e. The Bertz CT molecular complexity index is 661. The first-order valence-electron chi connectivity index (χ1n) is 6.59. The van der Waals surface area contributed by atoms with Gasteiger partial charge in [-0.15, -0.1) is 0 Å². The fourth-order valence-electron chi connectivity index (χ4n) is 1.80. The first-order chi connectivity index (χ1) is 9.62. The van der Waals surface area contributed by atoms with Crippen LogP contribution in [-0.2, 0) is 12.8 Å². The molecule has 0 atom stereocenters. The summed E-state index contributed by atoms with van der Waals surface area (Å²) in [5.41, 5.74) is 3.84. The summed E-state index contributed by atoms with van der Waals surface area (Å²) in [6.45, 7) is 4.16. The summed E-state index contributed by atoms with van der Waals surface area (Å²) in [6, 6.07) is 8.78. The lowest BCUT2D eigenvalue weighted by Crippen LogP contribution is -1.95. The molecule has 0 fully saturated rings. The van der Waals surface area contributed by atoms with Crippen LogP contribution < -0.4 is 0 Å². The SMILES string of the molecule is CCc1cc(C#Cc2ccc(F)c(Br)c2)cc(CC)n1. The second-order valence-corrected chi connectivity index (χ2v) is 5.28. The Labute approximate surface area is 127 Å². The molecule has 0 aliphatic carbocycles. The number of hydrogen-bond acceptors (Lipinski definition) is 1. The van der Waals surface area contributed by atoms with Gasteiger partial charge in [-0.1, -0.05) is 25.7 Å². The minimum atomic E-state index is -0.277. The summed E-state index contributed by atoms with van der Waals surface area (Å²) in [5, 5.41) is 0. The highest BCUT2D eigenvalue weighted by Gasteiger charge is 2.00. The van der Waals surface area contributed by atoms with Crippen LogP contribution in [0.15, 0.2) is 34.8 Å². The summed E-state index contributed by atoms with van der Waals surface area (Å²) < 4.78 is 13.6. The molecule has 0 spiro atoms. The van der Waals surface area contributed by atoms with Gasteiger partial charge in [0.1, 0.15) is 5.82 Å². The molecule has 3 heteroatoms. The Balaban J connectivity index is 2.34. The Morgan fingerprint density at radius 1 is 1.00 bits per heavy atom. The van der Waals surface area contributed by atoms with E-state index in [-0.39, 0.29) is 5.82 Å². The van der Waals surface area contributed by atoms with Gasteiger partial charge < -0.3 is 0 Å². The van der Waals surface area contributed by atoms with Gasteiger partial charge >= 0.3 is 0 Å². The van der Waals surface area contributed by atoms with Crippen molar-refractivity contribution in [1.29, 1.82) is 0 Å². The van der Waals surface area contributed by atoms with Gasteiger partial charge in [-0.05, 0) is 59.1 Å². The summed E-state index contributed by atoms with van der Waals surface area (Å²) in [6.07, 6.45) is 1.79. The summed E-state index contributed by atoms with van der Waals surface area (Å²) in [7, 11) is 0. The first-order valence-corrected chi connectivity index (χ1v) is 7.38. The molecule has 20 heavy (non-hydrogen) atoms. The van der Waals surface area contributed by atoms with Gasteiger partial charge in [0.2, 0.25) is 0 Å². The maximum Gasteiger partial charge on any atom is 0.137 e. The lowest BCUT2D eigenvalue weighted by molar-refractivity contribution is 0.621. The third kappa shape index (κ3) is 3.68. The van der Waals surface area contributed by atoms with E-state index in [1.54, 1.807) is 12.1 Å². The van der Waals surface area contributed by atoms with Crippen molar-refractivity contribution >= 4 is 15.9 Å². The predicted octanol–water partition coefficient (Wildman–Crippen LogP) is 4.51. The molecule has 0 bridgehead atoms. The molecule has 1 heterocycles. The highest BCUT2D eigenvalue weighted by molar-refractivity contribution is 9.10. The predicted molar refractivity (Wildman–Crippen MR) is 83.1 cm³/mol. The molecule has 0 radical (unpaired) electrons. The van der Waals surface area contributed by atoms with Crippen molar-refractivity contribution in [2.45, 2.75) is 26.7 Å². The molecule has 0 aliphatic rings. The van der Waals surface area contributed by atoms with E-state index < -0.39 is 0 Å². The zero-order valence-corrected chi connectivity index (χ0v) is 13.1. The van der Waals surface area contributed by atoms with Gasteiger partial charge in [0.15, 0.2) is 0 Å². The van der Waals surface area contributed by atoms with Crippen LogP contribution in [0.1, 0.15) is 36.4 Å². The molecule has 0 amide bonds. The third-order valence-corrected chi connectivity index (χ3v) is 3.53. The molecule has 0 aliphatic heterocycles. The molecular formula is C17H15BrFN. The normalized spacial score (nSPS) is 10.0. The molecule has 102 valence electrons. The number of hydrogen-bond donors (Lipinski definition) is 0. The summed E-state index contributed by atoms with van der Waals surface area (Å²) in [4.78, 5) is 4.53. The number of aryl methyl sites for hydroxylation is 2. The van der Waals surface area contributed by atoms with Crippen molar-refractivity contribution in [2.24, 2.45) is 0 Å². The second-order valence-electron chi connectivity index (χ2n) is 4.42. The standard InChI is InChI=1S/C17H15BrFN/c1-3-14-9-13(10-15(4-2)20-14)6-5-12-7-8-17(19)16(18)11-12/h7-11H,3-4H2,1-2H3. The molecule has 0 N–H and O–H groups in total. The lowest BCUT2D eigenvalue weighted by Gasteiger charge is -2.02. The number of aromatic nitrogens is 1. The van der Waals surface area contributed by atoms with E-state index in [0.29, 0.717) is 4.47 Å². The van der Waals surface area contributed by atoms with Crippen molar-refractivity contribution < 1.29 is 4.39 Å². The lowest BCUT2D eigenvalue weighted by atomic mass is 10.1. The molecule has 2 aromatic rings. The monoisotopic (exact) mass is 331 g/mol. The van der Waals surface area contributed by atoms with E-state index in [0.717, 1.165) is 35.4 Å². The van der Waals surface area contributed by atoms with Gasteiger partial charge in [0, 0.05) is 22.5 Å². The van der Waals surface area contributed by atoms with Crippen LogP contribution in [-0.4, -0.2) is 4.98 Å². The molecule has 1 aromatic carbocycles. The topological polar surface area (TPSA) is 12.9 Å². The van der Waals surface area contributed by atoms with E-state index >= 15 is 0 Å². The highest BCUT2D eigenvalue weighted by atomic mass is 79.9. The van der Waals surface area contributed by atoms with Crippen molar-refractivity contribution in [2.75, 3.05) is 0 Å². The van der Waals surface area contributed by atoms with Crippen LogP contribution >= 0.6 is 15.9 Å². The Morgan fingerprint density at radius 2 is 1.60 bits per heavy atom. The molecule has 0 saturated carbocycles. The zero-order chi connectivity index (χ0) is 14.5. The van der Waals surface area contributed by atoms with E-state index in [1.165, 1.54) is 6.07 Å². The Hall–Kier alpha value is -1.66. The molecule has 1 nitrogen and oxygen atoms in total. The van der Waals surface area contributed by atoms with Crippen LogP contribution in [0.2, 0.25) is 0 Å². The van der Waals surface area contributed by atoms with E-state index in [1.807, 2.05) is 12.1 Å². The molecule has 1 aromatic heterocycles. The Kier molecular flexibility index (Phi) is 4.92. The molecule has 0 unspecified atom stereocenters. The van der Waals surface area contributed by atoms with Gasteiger partial charge in [-0.25, -0.2) is 4.39 Å². The minimum absolute atomic E-state index is 0.277. The van der Waals surface area contributed by atoms with E-state index in [9.17, 15) is 4.39 Å². The molecule has 2 rings (SSSR count). The molecular weight excluding hydrogens is 317 g/mol. The van der Waals surface area contributed by atoms with Gasteiger partial charge in [0.25, 0.3) is 0 Å². The fraction of sp³-hybridized carbons (Fsp3) is 0.235. The van der Waals surface area contributed by atoms with Crippen molar-refractivity contribution in [3.8, 4) is 11.8 Å². The van der Waals surface area contributed by atoms with Crippen LogP contribution in [0, 0.1) is 17.7 Å². The number of nitrogens with zero attached hydrogens (tertiary/aromatic N) is 1. The van der Waals surface area contributed by atoms with Crippen LogP contribution in [0.3, 0.4) is 0 Å². The summed E-state index contributed by atoms with van der Waals surface area (Å²) in [5.74, 6) is 5.90. The maximum absolute atomic E-state index is 13.2. The van der Waals surface area contributed by atoms with Gasteiger partial charge in [-0.3, -0.25) is 4.98 Å². The number of halogens is 2. The average molecular weight is 332 g/mol.